The number of benzene rings is 2. The Labute approximate surface area is 163 Å². The number of hydrogen-bond donors (Lipinski definition) is 1. The van der Waals surface area contributed by atoms with Crippen molar-refractivity contribution in [2.24, 2.45) is 7.05 Å². The summed E-state index contributed by atoms with van der Waals surface area (Å²) >= 11 is 0. The first-order chi connectivity index (χ1) is 13.3. The predicted octanol–water partition coefficient (Wildman–Crippen LogP) is 3.09. The van der Waals surface area contributed by atoms with Crippen LogP contribution in [0.15, 0.2) is 59.6 Å². The smallest absolute Gasteiger partial charge is 0.243 e. The van der Waals surface area contributed by atoms with E-state index in [1.807, 2.05) is 44.3 Å². The second-order valence-electron chi connectivity index (χ2n) is 6.83. The molecular formula is C20H21N5O2S. The number of sulfonamides is 1. The highest BCUT2D eigenvalue weighted by molar-refractivity contribution is 7.89. The number of nitrogens with one attached hydrogen (secondary N) is 1. The van der Waals surface area contributed by atoms with Crippen molar-refractivity contribution in [3.8, 4) is 11.3 Å². The van der Waals surface area contributed by atoms with E-state index in [2.05, 4.69) is 15.1 Å². The van der Waals surface area contributed by atoms with Crippen LogP contribution in [0, 0.1) is 6.92 Å². The second kappa shape index (κ2) is 6.88. The molecule has 1 N–H and O–H groups in total. The molecule has 4 aromatic rings. The minimum Gasteiger partial charge on any atom is -0.341 e. The van der Waals surface area contributed by atoms with Crippen molar-refractivity contribution < 1.29 is 8.42 Å². The van der Waals surface area contributed by atoms with E-state index in [-0.39, 0.29) is 11.4 Å². The molecular weight excluding hydrogens is 374 g/mol. The third-order valence-electron chi connectivity index (χ3n) is 4.72. The van der Waals surface area contributed by atoms with Gasteiger partial charge in [-0.1, -0.05) is 18.2 Å². The van der Waals surface area contributed by atoms with Crippen molar-refractivity contribution >= 4 is 21.1 Å². The molecule has 2 aromatic carbocycles. The molecule has 144 valence electrons. The van der Waals surface area contributed by atoms with E-state index in [9.17, 15) is 8.42 Å². The molecule has 7 nitrogen and oxygen atoms in total. The van der Waals surface area contributed by atoms with Gasteiger partial charge in [0.05, 0.1) is 28.2 Å². The summed E-state index contributed by atoms with van der Waals surface area (Å²) in [6.07, 6.45) is 1.69. The summed E-state index contributed by atoms with van der Waals surface area (Å²) in [6.45, 7) is 2.16. The lowest BCUT2D eigenvalue weighted by molar-refractivity contribution is 0.458. The molecule has 2 aromatic heterocycles. The van der Waals surface area contributed by atoms with E-state index in [1.165, 1.54) is 4.31 Å². The fourth-order valence-electron chi connectivity index (χ4n) is 3.20. The molecule has 0 aliphatic rings. The molecule has 0 spiro atoms. The molecule has 0 aliphatic heterocycles. The summed E-state index contributed by atoms with van der Waals surface area (Å²) in [7, 11) is -0.280. The van der Waals surface area contributed by atoms with E-state index >= 15 is 0 Å². The van der Waals surface area contributed by atoms with Gasteiger partial charge in [-0.25, -0.2) is 13.4 Å². The monoisotopic (exact) mass is 395 g/mol. The van der Waals surface area contributed by atoms with E-state index in [4.69, 9.17) is 0 Å². The lowest BCUT2D eigenvalue weighted by Crippen LogP contribution is -2.27. The lowest BCUT2D eigenvalue weighted by Gasteiger charge is -2.16. The molecule has 0 amide bonds. The van der Waals surface area contributed by atoms with Crippen LogP contribution in [0.1, 0.15) is 11.4 Å². The summed E-state index contributed by atoms with van der Waals surface area (Å²) in [6, 6.07) is 14.7. The van der Waals surface area contributed by atoms with E-state index in [1.54, 1.807) is 36.1 Å². The van der Waals surface area contributed by atoms with Crippen molar-refractivity contribution in [2.45, 2.75) is 18.4 Å². The van der Waals surface area contributed by atoms with Crippen LogP contribution in [-0.4, -0.2) is 39.5 Å². The van der Waals surface area contributed by atoms with Gasteiger partial charge in [0.2, 0.25) is 10.0 Å². The Bertz CT molecular complexity index is 1260. The van der Waals surface area contributed by atoms with Gasteiger partial charge in [0.25, 0.3) is 0 Å². The molecule has 0 unspecified atom stereocenters. The maximum absolute atomic E-state index is 13.1. The number of nitrogens with zero attached hydrogens (tertiary/aromatic N) is 4. The summed E-state index contributed by atoms with van der Waals surface area (Å²) in [5.41, 5.74) is 4.50. The van der Waals surface area contributed by atoms with Crippen LogP contribution in [0.3, 0.4) is 0 Å². The maximum atomic E-state index is 13.1. The topological polar surface area (TPSA) is 83.9 Å². The van der Waals surface area contributed by atoms with Gasteiger partial charge >= 0.3 is 0 Å². The highest BCUT2D eigenvalue weighted by atomic mass is 32.2. The second-order valence-corrected chi connectivity index (χ2v) is 8.88. The van der Waals surface area contributed by atoms with Gasteiger partial charge in [-0.15, -0.1) is 0 Å². The van der Waals surface area contributed by atoms with Gasteiger partial charge in [-0.2, -0.15) is 9.40 Å². The van der Waals surface area contributed by atoms with Gasteiger partial charge in [-0.3, -0.25) is 4.68 Å². The van der Waals surface area contributed by atoms with E-state index < -0.39 is 10.0 Å². The first-order valence-electron chi connectivity index (χ1n) is 8.84. The zero-order chi connectivity index (χ0) is 19.9. The van der Waals surface area contributed by atoms with Crippen LogP contribution in [-0.2, 0) is 23.6 Å². The van der Waals surface area contributed by atoms with Crippen LogP contribution in [0.4, 0.5) is 0 Å². The Morgan fingerprint density at radius 3 is 2.71 bits per heavy atom. The Hall–Kier alpha value is -2.97. The van der Waals surface area contributed by atoms with Crippen LogP contribution in [0.25, 0.3) is 22.3 Å². The minimum atomic E-state index is -3.67. The standard InChI is InChI=1S/C20H21N5O2S/c1-14-7-8-17-18(11-14)23-20(22-17)13-24(2)28(26,27)16-6-4-5-15(12-16)19-9-10-21-25(19)3/h4-12H,13H2,1-3H3,(H,22,23). The van der Waals surface area contributed by atoms with Gasteiger partial charge in [0, 0.05) is 25.9 Å². The number of H-pyrrole nitrogens is 1. The number of aromatic amines is 1. The first-order valence-corrected chi connectivity index (χ1v) is 10.3. The third-order valence-corrected chi connectivity index (χ3v) is 6.52. The lowest BCUT2D eigenvalue weighted by atomic mass is 10.1. The summed E-state index contributed by atoms with van der Waals surface area (Å²) in [5, 5.41) is 4.15. The molecule has 0 saturated carbocycles. The zero-order valence-electron chi connectivity index (χ0n) is 15.9. The van der Waals surface area contributed by atoms with Crippen LogP contribution < -0.4 is 0 Å². The van der Waals surface area contributed by atoms with E-state index in [0.29, 0.717) is 5.82 Å². The first kappa shape index (κ1) is 18.4. The van der Waals surface area contributed by atoms with Crippen LogP contribution in [0.5, 0.6) is 0 Å². The quantitative estimate of drug-likeness (QED) is 0.563. The van der Waals surface area contributed by atoms with Crippen LogP contribution >= 0.6 is 0 Å². The molecule has 0 radical (unpaired) electrons. The number of imidazole rings is 1. The number of fused-ring (bicyclic) bond motifs is 1. The fourth-order valence-corrected chi connectivity index (χ4v) is 4.38. The van der Waals surface area contributed by atoms with Gasteiger partial charge in [0.15, 0.2) is 0 Å². The van der Waals surface area contributed by atoms with Crippen molar-refractivity contribution in [1.82, 2.24) is 24.1 Å². The number of aryl methyl sites for hydroxylation is 2. The number of aromatic nitrogens is 4. The molecule has 0 bridgehead atoms. The molecule has 0 fully saturated rings. The van der Waals surface area contributed by atoms with Crippen molar-refractivity contribution in [3.63, 3.8) is 0 Å². The molecule has 8 heteroatoms. The number of rotatable bonds is 5. The van der Waals surface area contributed by atoms with Crippen LogP contribution in [0.2, 0.25) is 0 Å². The van der Waals surface area contributed by atoms with E-state index in [0.717, 1.165) is 27.9 Å². The predicted molar refractivity (Wildman–Crippen MR) is 108 cm³/mol. The molecule has 0 saturated heterocycles. The molecule has 0 atom stereocenters. The average Bonchev–Trinajstić information content (AvgIpc) is 3.26. The molecule has 4 rings (SSSR count). The van der Waals surface area contributed by atoms with Gasteiger partial charge in [0.1, 0.15) is 5.82 Å². The summed E-state index contributed by atoms with van der Waals surface area (Å²) in [5.74, 6) is 0.606. The molecule has 2 heterocycles. The highest BCUT2D eigenvalue weighted by Gasteiger charge is 2.23. The Balaban J connectivity index is 1.63. The third kappa shape index (κ3) is 3.32. The highest BCUT2D eigenvalue weighted by Crippen LogP contribution is 2.24. The Kier molecular flexibility index (Phi) is 4.52. The summed E-state index contributed by atoms with van der Waals surface area (Å²) < 4.78 is 29.2. The summed E-state index contributed by atoms with van der Waals surface area (Å²) in [4.78, 5) is 7.94. The number of hydrogen-bond acceptors (Lipinski definition) is 4. The maximum Gasteiger partial charge on any atom is 0.243 e. The van der Waals surface area contributed by atoms with Crippen molar-refractivity contribution in [2.75, 3.05) is 7.05 Å². The normalized spacial score (nSPS) is 12.1. The Morgan fingerprint density at radius 1 is 1.14 bits per heavy atom. The zero-order valence-corrected chi connectivity index (χ0v) is 16.7. The average molecular weight is 395 g/mol. The minimum absolute atomic E-state index is 0.159. The SMILES string of the molecule is Cc1ccc2nc(CN(C)S(=O)(=O)c3cccc(-c4ccnn4C)c3)[nH]c2c1. The molecule has 0 aliphatic carbocycles. The van der Waals surface area contributed by atoms with Gasteiger partial charge in [-0.05, 0) is 42.8 Å². The fraction of sp³-hybridized carbons (Fsp3) is 0.200. The largest absolute Gasteiger partial charge is 0.341 e. The van der Waals surface area contributed by atoms with Crippen molar-refractivity contribution in [1.29, 1.82) is 0 Å². The Morgan fingerprint density at radius 2 is 1.96 bits per heavy atom. The van der Waals surface area contributed by atoms with Crippen molar-refractivity contribution in [3.05, 3.63) is 66.1 Å². The molecule has 28 heavy (non-hydrogen) atoms. The van der Waals surface area contributed by atoms with Gasteiger partial charge < -0.3 is 4.98 Å².